The van der Waals surface area contributed by atoms with Gasteiger partial charge in [0.25, 0.3) is 0 Å². The van der Waals surface area contributed by atoms with Gasteiger partial charge in [0.15, 0.2) is 0 Å². The van der Waals surface area contributed by atoms with Crippen LogP contribution in [0, 0.1) is 25.5 Å². The number of nitrogens with zero attached hydrogens (tertiary/aromatic N) is 2. The third kappa shape index (κ3) is 7.96. The molecular weight excluding hydrogens is 671 g/mol. The molecule has 7 aromatic rings. The Hall–Kier alpha value is -5.90. The number of hydrogen-bond donors (Lipinski definition) is 2. The molecule has 0 fully saturated rings. The van der Waals surface area contributed by atoms with E-state index in [1.807, 2.05) is 80.6 Å². The van der Waals surface area contributed by atoms with Crippen LogP contribution < -0.4 is 25.3 Å². The average Bonchev–Trinajstić information content (AvgIpc) is 3.18. The number of aromatic nitrogens is 2. The van der Waals surface area contributed by atoms with Crippen molar-refractivity contribution in [3.05, 3.63) is 149 Å². The lowest BCUT2D eigenvalue weighted by molar-refractivity contribution is 0.413. The number of fused-ring (bicyclic) bond motifs is 2. The summed E-state index contributed by atoms with van der Waals surface area (Å²) in [5.74, 6) is 1.03. The first-order valence-corrected chi connectivity index (χ1v) is 17.2. The van der Waals surface area contributed by atoms with E-state index < -0.39 is 0 Å². The summed E-state index contributed by atoms with van der Waals surface area (Å²) in [6.07, 6.45) is 0. The van der Waals surface area contributed by atoms with Crippen LogP contribution in [0.3, 0.4) is 0 Å². The second kappa shape index (κ2) is 16.6. The Morgan fingerprint density at radius 2 is 1.08 bits per heavy atom. The molecule has 2 aromatic heterocycles. The van der Waals surface area contributed by atoms with Crippen LogP contribution in [0.1, 0.15) is 27.8 Å². The number of para-hydroxylation sites is 2. The molecule has 53 heavy (non-hydrogen) atoms. The molecule has 7 rings (SSSR count). The standard InChI is InChI=1S/C26H25FN2O2.C18H17FN2O/c1-17-6-4-7-19-14-20(16-28-15-18-10-12-21(30-2)13-11-18)26(29-25(17)19)24-22(27)8-5-9-23(24)31-3;1-11-5-3-6-12-9-13(10-20)18(21-17(11)12)16-14(19)7-4-8-15(16)22-2/h4-14,28H,15-16H2,1-3H3;3-9H,10,20H2,1-2H3. The predicted molar refractivity (Wildman–Crippen MR) is 208 cm³/mol. The summed E-state index contributed by atoms with van der Waals surface area (Å²) in [6.45, 7) is 5.49. The summed E-state index contributed by atoms with van der Waals surface area (Å²) >= 11 is 0. The van der Waals surface area contributed by atoms with E-state index in [1.165, 1.54) is 19.2 Å². The van der Waals surface area contributed by atoms with Gasteiger partial charge in [0.1, 0.15) is 28.9 Å². The van der Waals surface area contributed by atoms with Crippen LogP contribution in [0.2, 0.25) is 0 Å². The molecule has 0 unspecified atom stereocenters. The predicted octanol–water partition coefficient (Wildman–Crippen LogP) is 9.47. The number of rotatable bonds is 10. The van der Waals surface area contributed by atoms with Crippen molar-refractivity contribution < 1.29 is 23.0 Å². The summed E-state index contributed by atoms with van der Waals surface area (Å²) < 4.78 is 45.3. The summed E-state index contributed by atoms with van der Waals surface area (Å²) in [5, 5.41) is 5.49. The Morgan fingerprint density at radius 3 is 1.57 bits per heavy atom. The quantitative estimate of drug-likeness (QED) is 0.146. The molecule has 0 aliphatic rings. The van der Waals surface area contributed by atoms with Crippen LogP contribution in [0.15, 0.2) is 109 Å². The highest BCUT2D eigenvalue weighted by molar-refractivity contribution is 5.88. The first-order chi connectivity index (χ1) is 25.8. The van der Waals surface area contributed by atoms with Crippen molar-refractivity contribution in [1.82, 2.24) is 15.3 Å². The van der Waals surface area contributed by atoms with E-state index in [9.17, 15) is 8.78 Å². The van der Waals surface area contributed by atoms with E-state index in [0.29, 0.717) is 47.1 Å². The topological polar surface area (TPSA) is 91.5 Å². The van der Waals surface area contributed by atoms with Crippen LogP contribution in [-0.4, -0.2) is 31.3 Å². The molecule has 0 aliphatic heterocycles. The molecule has 270 valence electrons. The molecule has 0 spiro atoms. The number of halogens is 2. The zero-order chi connectivity index (χ0) is 37.5. The lowest BCUT2D eigenvalue weighted by Gasteiger charge is -2.16. The zero-order valence-corrected chi connectivity index (χ0v) is 30.5. The van der Waals surface area contributed by atoms with Crippen molar-refractivity contribution in [3.8, 4) is 39.8 Å². The molecule has 3 N–H and O–H groups in total. The van der Waals surface area contributed by atoms with Gasteiger partial charge in [-0.15, -0.1) is 0 Å². The van der Waals surface area contributed by atoms with Crippen molar-refractivity contribution in [3.63, 3.8) is 0 Å². The smallest absolute Gasteiger partial charge is 0.136 e. The van der Waals surface area contributed by atoms with E-state index in [4.69, 9.17) is 24.9 Å². The van der Waals surface area contributed by atoms with E-state index in [2.05, 4.69) is 16.4 Å². The third-order valence-electron chi connectivity index (χ3n) is 9.14. The van der Waals surface area contributed by atoms with Gasteiger partial charge in [-0.05, 0) is 90.2 Å². The van der Waals surface area contributed by atoms with Crippen LogP contribution in [-0.2, 0) is 19.6 Å². The Morgan fingerprint density at radius 1 is 0.585 bits per heavy atom. The highest BCUT2D eigenvalue weighted by Gasteiger charge is 2.19. The molecular formula is C44H42F2N4O3. The van der Waals surface area contributed by atoms with Crippen molar-refractivity contribution in [1.29, 1.82) is 0 Å². The van der Waals surface area contributed by atoms with E-state index in [1.54, 1.807) is 38.5 Å². The molecule has 0 saturated heterocycles. The number of ether oxygens (including phenoxy) is 3. The van der Waals surface area contributed by atoms with Gasteiger partial charge in [-0.25, -0.2) is 18.7 Å². The molecule has 7 nitrogen and oxygen atoms in total. The first kappa shape index (κ1) is 36.9. The fourth-order valence-corrected chi connectivity index (χ4v) is 6.40. The number of benzene rings is 5. The maximum absolute atomic E-state index is 14.9. The molecule has 0 saturated carbocycles. The van der Waals surface area contributed by atoms with Crippen LogP contribution in [0.5, 0.6) is 17.2 Å². The SMILES string of the molecule is COc1ccc(CNCc2cc3cccc(C)c3nc2-c2c(F)cccc2OC)cc1.COc1cccc(F)c1-c1nc2c(C)cccc2cc1CN. The molecule has 2 heterocycles. The van der Waals surface area contributed by atoms with Crippen LogP contribution in [0.25, 0.3) is 44.3 Å². The van der Waals surface area contributed by atoms with E-state index in [0.717, 1.165) is 55.4 Å². The summed E-state index contributed by atoms with van der Waals surface area (Å²) in [7, 11) is 4.72. The lowest BCUT2D eigenvalue weighted by atomic mass is 10.0. The fourth-order valence-electron chi connectivity index (χ4n) is 6.40. The minimum absolute atomic E-state index is 0.281. The van der Waals surface area contributed by atoms with Gasteiger partial charge in [-0.1, -0.05) is 60.7 Å². The second-order valence-corrected chi connectivity index (χ2v) is 12.6. The number of hydrogen-bond acceptors (Lipinski definition) is 7. The maximum atomic E-state index is 14.9. The number of nitrogens with one attached hydrogen (secondary N) is 1. The summed E-state index contributed by atoms with van der Waals surface area (Å²) in [4.78, 5) is 9.57. The van der Waals surface area contributed by atoms with Gasteiger partial charge in [-0.2, -0.15) is 0 Å². The highest BCUT2D eigenvalue weighted by atomic mass is 19.1. The Kier molecular flexibility index (Phi) is 11.6. The van der Waals surface area contributed by atoms with Gasteiger partial charge < -0.3 is 25.3 Å². The molecule has 0 amide bonds. The third-order valence-corrected chi connectivity index (χ3v) is 9.14. The second-order valence-electron chi connectivity index (χ2n) is 12.6. The van der Waals surface area contributed by atoms with Gasteiger partial charge >= 0.3 is 0 Å². The number of nitrogens with two attached hydrogens (primary N) is 1. The van der Waals surface area contributed by atoms with Crippen molar-refractivity contribution >= 4 is 21.8 Å². The molecule has 0 aliphatic carbocycles. The van der Waals surface area contributed by atoms with E-state index >= 15 is 0 Å². The molecule has 0 radical (unpaired) electrons. The minimum atomic E-state index is -0.366. The molecule has 0 bridgehead atoms. The lowest BCUT2D eigenvalue weighted by Crippen LogP contribution is -2.14. The largest absolute Gasteiger partial charge is 0.497 e. The van der Waals surface area contributed by atoms with Crippen molar-refractivity contribution in [2.75, 3.05) is 21.3 Å². The van der Waals surface area contributed by atoms with Crippen LogP contribution in [0.4, 0.5) is 8.78 Å². The van der Waals surface area contributed by atoms with Crippen molar-refractivity contribution in [2.24, 2.45) is 5.73 Å². The number of pyridine rings is 2. The molecule has 5 aromatic carbocycles. The summed E-state index contributed by atoms with van der Waals surface area (Å²) in [5.41, 5.74) is 14.4. The maximum Gasteiger partial charge on any atom is 0.136 e. The monoisotopic (exact) mass is 712 g/mol. The first-order valence-electron chi connectivity index (χ1n) is 17.2. The summed E-state index contributed by atoms with van der Waals surface area (Å²) in [6, 6.07) is 33.6. The van der Waals surface area contributed by atoms with Crippen LogP contribution >= 0.6 is 0 Å². The molecule has 9 heteroatoms. The normalized spacial score (nSPS) is 10.9. The number of aryl methyl sites for hydroxylation is 2. The number of methoxy groups -OCH3 is 3. The fraction of sp³-hybridized carbons (Fsp3) is 0.182. The highest BCUT2D eigenvalue weighted by Crippen LogP contribution is 2.37. The average molecular weight is 713 g/mol. The Labute approximate surface area is 308 Å². The molecule has 0 atom stereocenters. The van der Waals surface area contributed by atoms with Gasteiger partial charge in [0.05, 0.1) is 54.9 Å². The van der Waals surface area contributed by atoms with Gasteiger partial charge in [-0.3, -0.25) is 0 Å². The Bertz CT molecular complexity index is 2380. The van der Waals surface area contributed by atoms with E-state index in [-0.39, 0.29) is 18.2 Å². The van der Waals surface area contributed by atoms with Gasteiger partial charge in [0.2, 0.25) is 0 Å². The minimum Gasteiger partial charge on any atom is -0.497 e. The van der Waals surface area contributed by atoms with Gasteiger partial charge in [0, 0.05) is 30.4 Å². The zero-order valence-electron chi connectivity index (χ0n) is 30.5. The Balaban J connectivity index is 0.000000192. The van der Waals surface area contributed by atoms with Crippen molar-refractivity contribution in [2.45, 2.75) is 33.5 Å².